The highest BCUT2D eigenvalue weighted by Gasteiger charge is 2.11. The quantitative estimate of drug-likeness (QED) is 0.807. The maximum Gasteiger partial charge on any atom is 0.126 e. The van der Waals surface area contributed by atoms with E-state index in [0.29, 0.717) is 5.56 Å². The van der Waals surface area contributed by atoms with Crippen LogP contribution in [-0.2, 0) is 0 Å². The van der Waals surface area contributed by atoms with Crippen LogP contribution >= 0.6 is 0 Å². The highest BCUT2D eigenvalue weighted by molar-refractivity contribution is 5.25. The van der Waals surface area contributed by atoms with Crippen molar-refractivity contribution in [1.29, 1.82) is 0 Å². The van der Waals surface area contributed by atoms with Gasteiger partial charge in [0.2, 0.25) is 0 Å². The maximum absolute atomic E-state index is 13.4. The first-order valence-corrected chi connectivity index (χ1v) is 5.71. The monoisotopic (exact) mass is 225 g/mol. The molecule has 1 unspecified atom stereocenters. The molecule has 0 radical (unpaired) electrons. The molecule has 1 aromatic rings. The molecule has 1 aromatic carbocycles. The Hall–Kier alpha value is -0.930. The van der Waals surface area contributed by atoms with Crippen molar-refractivity contribution in [2.45, 2.75) is 39.3 Å². The molecule has 0 aliphatic rings. The molecule has 0 aliphatic carbocycles. The number of aliphatic hydroxyl groups excluding tert-OH is 1. The standard InChI is InChI=1S/C13H20FNO/c1-4-12(8-16)15-10(3)11-6-5-9(2)13(14)7-11/h5-7,10,12,15-16H,4,8H2,1-3H3/t10?,12-/m0/s1. The van der Waals surface area contributed by atoms with Gasteiger partial charge in [0.25, 0.3) is 0 Å². The van der Waals surface area contributed by atoms with E-state index in [1.165, 1.54) is 0 Å². The predicted octanol–water partition coefficient (Wildman–Crippen LogP) is 2.56. The predicted molar refractivity (Wildman–Crippen MR) is 63.9 cm³/mol. The van der Waals surface area contributed by atoms with E-state index in [0.717, 1.165) is 12.0 Å². The third kappa shape index (κ3) is 3.29. The van der Waals surface area contributed by atoms with Crippen molar-refractivity contribution in [2.75, 3.05) is 6.61 Å². The number of aryl methyl sites for hydroxylation is 1. The number of benzene rings is 1. The molecule has 1 rings (SSSR count). The maximum atomic E-state index is 13.4. The van der Waals surface area contributed by atoms with Crippen molar-refractivity contribution in [1.82, 2.24) is 5.32 Å². The minimum atomic E-state index is -0.178. The third-order valence-corrected chi connectivity index (χ3v) is 2.89. The van der Waals surface area contributed by atoms with Crippen molar-refractivity contribution < 1.29 is 9.50 Å². The average Bonchev–Trinajstić information content (AvgIpc) is 2.29. The third-order valence-electron chi connectivity index (χ3n) is 2.89. The molecule has 0 saturated heterocycles. The Labute approximate surface area is 96.5 Å². The second-order valence-electron chi connectivity index (χ2n) is 4.18. The number of hydrogen-bond donors (Lipinski definition) is 2. The van der Waals surface area contributed by atoms with E-state index in [1.54, 1.807) is 19.1 Å². The molecule has 0 saturated carbocycles. The summed E-state index contributed by atoms with van der Waals surface area (Å²) in [4.78, 5) is 0. The van der Waals surface area contributed by atoms with Crippen LogP contribution < -0.4 is 5.32 Å². The van der Waals surface area contributed by atoms with Gasteiger partial charge in [-0.1, -0.05) is 19.1 Å². The molecule has 0 spiro atoms. The molecule has 0 heterocycles. The molecule has 0 bridgehead atoms. The summed E-state index contributed by atoms with van der Waals surface area (Å²) in [5.41, 5.74) is 1.57. The Bertz CT molecular complexity index is 337. The van der Waals surface area contributed by atoms with Crippen LogP contribution in [0.3, 0.4) is 0 Å². The minimum absolute atomic E-state index is 0.0483. The van der Waals surface area contributed by atoms with Crippen molar-refractivity contribution in [3.63, 3.8) is 0 Å². The highest BCUT2D eigenvalue weighted by atomic mass is 19.1. The van der Waals surface area contributed by atoms with E-state index in [9.17, 15) is 4.39 Å². The van der Waals surface area contributed by atoms with E-state index in [1.807, 2.05) is 19.9 Å². The first kappa shape index (κ1) is 13.1. The van der Waals surface area contributed by atoms with E-state index >= 15 is 0 Å². The van der Waals surface area contributed by atoms with Gasteiger partial charge in [-0.05, 0) is 37.5 Å². The summed E-state index contributed by atoms with van der Waals surface area (Å²) in [7, 11) is 0. The fraction of sp³-hybridized carbons (Fsp3) is 0.538. The lowest BCUT2D eigenvalue weighted by Crippen LogP contribution is -2.33. The lowest BCUT2D eigenvalue weighted by molar-refractivity contribution is 0.230. The number of hydrogen-bond acceptors (Lipinski definition) is 2. The van der Waals surface area contributed by atoms with Gasteiger partial charge < -0.3 is 10.4 Å². The smallest absolute Gasteiger partial charge is 0.126 e. The fourth-order valence-corrected chi connectivity index (χ4v) is 1.63. The lowest BCUT2D eigenvalue weighted by Gasteiger charge is -2.21. The van der Waals surface area contributed by atoms with Gasteiger partial charge in [0.05, 0.1) is 6.61 Å². The van der Waals surface area contributed by atoms with Gasteiger partial charge in [-0.2, -0.15) is 0 Å². The van der Waals surface area contributed by atoms with Gasteiger partial charge >= 0.3 is 0 Å². The van der Waals surface area contributed by atoms with E-state index < -0.39 is 0 Å². The first-order valence-electron chi connectivity index (χ1n) is 5.71. The Kier molecular flexibility index (Phi) is 4.90. The normalized spacial score (nSPS) is 14.8. The van der Waals surface area contributed by atoms with Crippen molar-refractivity contribution in [3.05, 3.63) is 35.1 Å². The Morgan fingerprint density at radius 2 is 2.12 bits per heavy atom. The van der Waals surface area contributed by atoms with Crippen molar-refractivity contribution in [2.24, 2.45) is 0 Å². The summed E-state index contributed by atoms with van der Waals surface area (Å²) in [6.07, 6.45) is 0.856. The van der Waals surface area contributed by atoms with Crippen molar-refractivity contribution >= 4 is 0 Å². The first-order chi connectivity index (χ1) is 7.58. The zero-order chi connectivity index (χ0) is 12.1. The molecular formula is C13H20FNO. The fourth-order valence-electron chi connectivity index (χ4n) is 1.63. The van der Waals surface area contributed by atoms with Crippen LogP contribution in [0.25, 0.3) is 0 Å². The van der Waals surface area contributed by atoms with E-state index in [4.69, 9.17) is 5.11 Å². The van der Waals surface area contributed by atoms with Gasteiger partial charge in [0, 0.05) is 12.1 Å². The van der Waals surface area contributed by atoms with Crippen LogP contribution in [0.4, 0.5) is 4.39 Å². The Balaban J connectivity index is 2.72. The molecule has 2 atom stereocenters. The molecule has 0 aromatic heterocycles. The molecule has 0 fully saturated rings. The van der Waals surface area contributed by atoms with E-state index in [-0.39, 0.29) is 24.5 Å². The molecule has 3 heteroatoms. The van der Waals surface area contributed by atoms with Crippen LogP contribution in [0.2, 0.25) is 0 Å². The summed E-state index contributed by atoms with van der Waals surface area (Å²) in [6.45, 7) is 5.84. The van der Waals surface area contributed by atoms with Gasteiger partial charge in [-0.3, -0.25) is 0 Å². The van der Waals surface area contributed by atoms with Gasteiger partial charge in [0.15, 0.2) is 0 Å². The summed E-state index contributed by atoms with van der Waals surface area (Å²) in [5.74, 6) is -0.178. The molecule has 2 nitrogen and oxygen atoms in total. The molecular weight excluding hydrogens is 205 g/mol. The van der Waals surface area contributed by atoms with Gasteiger partial charge in [-0.15, -0.1) is 0 Å². The number of aliphatic hydroxyl groups is 1. The lowest BCUT2D eigenvalue weighted by atomic mass is 10.0. The second kappa shape index (κ2) is 5.97. The van der Waals surface area contributed by atoms with E-state index in [2.05, 4.69) is 5.32 Å². The molecule has 90 valence electrons. The number of nitrogens with one attached hydrogen (secondary N) is 1. The van der Waals surface area contributed by atoms with Crippen LogP contribution in [0.1, 0.15) is 37.4 Å². The summed E-state index contributed by atoms with van der Waals surface area (Å²) >= 11 is 0. The Morgan fingerprint density at radius 1 is 1.44 bits per heavy atom. The van der Waals surface area contributed by atoms with Gasteiger partial charge in [-0.25, -0.2) is 4.39 Å². The largest absolute Gasteiger partial charge is 0.395 e. The van der Waals surface area contributed by atoms with Crippen LogP contribution in [-0.4, -0.2) is 17.8 Å². The van der Waals surface area contributed by atoms with Crippen LogP contribution in [0.5, 0.6) is 0 Å². The minimum Gasteiger partial charge on any atom is -0.395 e. The zero-order valence-corrected chi connectivity index (χ0v) is 10.1. The number of halogens is 1. The molecule has 0 amide bonds. The summed E-state index contributed by atoms with van der Waals surface area (Å²) < 4.78 is 13.4. The van der Waals surface area contributed by atoms with Crippen LogP contribution in [0, 0.1) is 12.7 Å². The molecule has 2 N–H and O–H groups in total. The van der Waals surface area contributed by atoms with Gasteiger partial charge in [0.1, 0.15) is 5.82 Å². The summed E-state index contributed by atoms with van der Waals surface area (Å²) in [6, 6.07) is 5.37. The molecule has 0 aliphatic heterocycles. The highest BCUT2D eigenvalue weighted by Crippen LogP contribution is 2.17. The molecule has 16 heavy (non-hydrogen) atoms. The Morgan fingerprint density at radius 3 is 2.62 bits per heavy atom. The van der Waals surface area contributed by atoms with Crippen molar-refractivity contribution in [3.8, 4) is 0 Å². The zero-order valence-electron chi connectivity index (χ0n) is 10.1. The van der Waals surface area contributed by atoms with Crippen LogP contribution in [0.15, 0.2) is 18.2 Å². The summed E-state index contributed by atoms with van der Waals surface area (Å²) in [5, 5.41) is 12.3. The SMILES string of the molecule is CC[C@@H](CO)NC(C)c1ccc(C)c(F)c1. The second-order valence-corrected chi connectivity index (χ2v) is 4.18. The number of rotatable bonds is 5. The topological polar surface area (TPSA) is 32.3 Å². The average molecular weight is 225 g/mol.